The van der Waals surface area contributed by atoms with E-state index < -0.39 is 80.4 Å². The van der Waals surface area contributed by atoms with Gasteiger partial charge in [0.2, 0.25) is 5.91 Å². The van der Waals surface area contributed by atoms with Gasteiger partial charge in [0.25, 0.3) is 5.91 Å². The van der Waals surface area contributed by atoms with E-state index in [0.717, 1.165) is 30.1 Å². The second-order valence-corrected chi connectivity index (χ2v) is 9.59. The highest BCUT2D eigenvalue weighted by atomic mass is 79.9. The molecule has 0 aliphatic rings. The first-order valence-electron chi connectivity index (χ1n) is 11.3. The molecule has 16 heteroatoms. The van der Waals surface area contributed by atoms with Gasteiger partial charge in [0.1, 0.15) is 0 Å². The van der Waals surface area contributed by atoms with Crippen LogP contribution in [0.2, 0.25) is 0 Å². The lowest BCUT2D eigenvalue weighted by Crippen LogP contribution is -2.50. The molecule has 0 saturated heterocycles. The Morgan fingerprint density at radius 1 is 0.833 bits per heavy atom. The minimum Gasteiger partial charge on any atom is -0.320 e. The van der Waals surface area contributed by atoms with Gasteiger partial charge in [-0.25, -0.2) is 8.78 Å². The molecule has 0 heterocycles. The molecule has 2 amide bonds. The van der Waals surface area contributed by atoms with Crippen LogP contribution in [0.15, 0.2) is 65.1 Å². The van der Waals surface area contributed by atoms with Crippen LogP contribution in [0.5, 0.6) is 0 Å². The molecule has 0 unspecified atom stereocenters. The number of carbonyl (C=O) groups is 2. The Hall–Kier alpha value is -3.69. The van der Waals surface area contributed by atoms with E-state index >= 15 is 4.39 Å². The normalized spacial score (nSPS) is 12.7. The summed E-state index contributed by atoms with van der Waals surface area (Å²) in [6, 6.07) is 10.2. The lowest BCUT2D eigenvalue weighted by atomic mass is 9.92. The van der Waals surface area contributed by atoms with Crippen LogP contribution in [0.1, 0.15) is 27.0 Å². The van der Waals surface area contributed by atoms with Gasteiger partial charge in [-0.1, -0.05) is 36.4 Å². The molecular formula is C26H16BrF11N2O2. The Bertz CT molecular complexity index is 1470. The molecule has 0 bridgehead atoms. The molecule has 0 spiro atoms. The zero-order valence-corrected chi connectivity index (χ0v) is 22.4. The van der Waals surface area contributed by atoms with E-state index in [1.54, 1.807) is 35.6 Å². The van der Waals surface area contributed by atoms with Crippen molar-refractivity contribution in [2.75, 3.05) is 17.3 Å². The number of alkyl halides is 10. The van der Waals surface area contributed by atoms with E-state index in [2.05, 4.69) is 15.9 Å². The number of anilines is 2. The van der Waals surface area contributed by atoms with Gasteiger partial charge in [0, 0.05) is 17.1 Å². The number of amides is 2. The van der Waals surface area contributed by atoms with E-state index in [9.17, 15) is 53.5 Å². The average Bonchev–Trinajstić information content (AvgIpc) is 2.87. The van der Waals surface area contributed by atoms with Crippen LogP contribution in [0.25, 0.3) is 0 Å². The summed E-state index contributed by atoms with van der Waals surface area (Å²) in [5, 5.41) is 1.60. The highest BCUT2D eigenvalue weighted by molar-refractivity contribution is 9.10. The summed E-state index contributed by atoms with van der Waals surface area (Å²) in [7, 11) is 1.16. The molecule has 3 rings (SSSR count). The van der Waals surface area contributed by atoms with Crippen LogP contribution >= 0.6 is 15.9 Å². The predicted molar refractivity (Wildman–Crippen MR) is 132 cm³/mol. The largest absolute Gasteiger partial charge is 0.435 e. The number of nitrogens with one attached hydrogen (secondary N) is 1. The molecule has 0 aromatic heterocycles. The number of carbonyl (C=O) groups excluding carboxylic acids is 2. The van der Waals surface area contributed by atoms with E-state index in [4.69, 9.17) is 0 Å². The minimum atomic E-state index is -6.72. The molecule has 0 aliphatic carbocycles. The fraction of sp³-hybridized carbons (Fsp3) is 0.231. The predicted octanol–water partition coefficient (Wildman–Crippen LogP) is 8.35. The van der Waals surface area contributed by atoms with Crippen LogP contribution < -0.4 is 10.2 Å². The third-order valence-corrected chi connectivity index (χ3v) is 6.60. The highest BCUT2D eigenvalue weighted by Crippen LogP contribution is 2.55. The van der Waals surface area contributed by atoms with Crippen LogP contribution in [-0.4, -0.2) is 31.2 Å². The summed E-state index contributed by atoms with van der Waals surface area (Å²) in [6.07, 6.45) is -19.3. The Balaban J connectivity index is 2.03. The van der Waals surface area contributed by atoms with Crippen molar-refractivity contribution in [2.45, 2.75) is 30.6 Å². The molecule has 0 saturated carbocycles. The van der Waals surface area contributed by atoms with E-state index in [1.807, 2.05) is 0 Å². The zero-order valence-electron chi connectivity index (χ0n) is 20.8. The lowest BCUT2D eigenvalue weighted by Gasteiger charge is -2.31. The summed E-state index contributed by atoms with van der Waals surface area (Å²) in [5.74, 6) is -3.63. The summed E-state index contributed by atoms with van der Waals surface area (Å²) < 4.78 is 149. The second kappa shape index (κ2) is 11.5. The molecule has 42 heavy (non-hydrogen) atoms. The van der Waals surface area contributed by atoms with Crippen molar-refractivity contribution >= 4 is 39.1 Å². The Kier molecular flexibility index (Phi) is 9.01. The van der Waals surface area contributed by atoms with Crippen LogP contribution in [0.3, 0.4) is 0 Å². The Labute approximate surface area is 238 Å². The van der Waals surface area contributed by atoms with Gasteiger partial charge >= 0.3 is 24.2 Å². The molecule has 0 atom stereocenters. The molecule has 3 aromatic rings. The maximum atomic E-state index is 15.3. The summed E-state index contributed by atoms with van der Waals surface area (Å²) in [4.78, 5) is 26.3. The molecule has 0 fully saturated rings. The summed E-state index contributed by atoms with van der Waals surface area (Å²) >= 11 is 2.36. The minimum absolute atomic E-state index is 0.187. The summed E-state index contributed by atoms with van der Waals surface area (Å²) in [6.45, 7) is 0. The first kappa shape index (κ1) is 32.8. The van der Waals surface area contributed by atoms with Gasteiger partial charge in [-0.2, -0.15) is 39.5 Å². The fourth-order valence-electron chi connectivity index (χ4n) is 3.80. The topological polar surface area (TPSA) is 49.4 Å². The third kappa shape index (κ3) is 6.37. The smallest absolute Gasteiger partial charge is 0.320 e. The van der Waals surface area contributed by atoms with Crippen molar-refractivity contribution in [1.29, 1.82) is 0 Å². The van der Waals surface area contributed by atoms with Crippen molar-refractivity contribution in [3.8, 4) is 0 Å². The number of benzene rings is 3. The number of likely N-dealkylation sites (N-methyl/N-ethyl adjacent to an activating group) is 1. The van der Waals surface area contributed by atoms with Gasteiger partial charge < -0.3 is 10.2 Å². The standard InChI is InChI=1S/C26H16BrF11N2O2/c1-40(19(41)10-13-6-3-2-4-7-13)18-9-5-8-15(20(18)28)22(42)39-21-16(24(30,31)32)11-14(12-17(21)27)23(29,25(33,34)35)26(36,37)38/h2-9,11-12H,10H2,1H3,(H,39,42). The number of hydrogen-bond donors (Lipinski definition) is 1. The SMILES string of the molecule is CN(C(=O)Cc1ccccc1)c1cccc(C(=O)Nc2c(Br)cc(C(F)(C(F)(F)F)C(F)(F)F)cc2C(F)(F)F)c1F. The lowest BCUT2D eigenvalue weighted by molar-refractivity contribution is -0.348. The second-order valence-electron chi connectivity index (χ2n) is 8.74. The number of nitrogens with zero attached hydrogens (tertiary/aromatic N) is 1. The average molecular weight is 677 g/mol. The van der Waals surface area contributed by atoms with Gasteiger partial charge in [0.05, 0.1) is 28.9 Å². The fourth-order valence-corrected chi connectivity index (χ4v) is 4.36. The number of halogens is 12. The van der Waals surface area contributed by atoms with E-state index in [-0.39, 0.29) is 12.5 Å². The van der Waals surface area contributed by atoms with Crippen molar-refractivity contribution in [2.24, 2.45) is 0 Å². The van der Waals surface area contributed by atoms with Crippen molar-refractivity contribution in [3.63, 3.8) is 0 Å². The number of rotatable bonds is 6. The van der Waals surface area contributed by atoms with Gasteiger partial charge in [0.15, 0.2) is 5.82 Å². The van der Waals surface area contributed by atoms with Crippen molar-refractivity contribution < 1.29 is 57.9 Å². The monoisotopic (exact) mass is 676 g/mol. The van der Waals surface area contributed by atoms with E-state index in [1.165, 1.54) is 0 Å². The highest BCUT2D eigenvalue weighted by Gasteiger charge is 2.73. The Morgan fingerprint density at radius 2 is 1.40 bits per heavy atom. The molecule has 0 radical (unpaired) electrons. The molecule has 3 aromatic carbocycles. The summed E-state index contributed by atoms with van der Waals surface area (Å²) in [5.41, 5.74) is -13.2. The van der Waals surface area contributed by atoms with Gasteiger partial charge in [-0.05, 0) is 45.8 Å². The van der Waals surface area contributed by atoms with Crippen LogP contribution in [0.4, 0.5) is 59.7 Å². The van der Waals surface area contributed by atoms with Gasteiger partial charge in [-0.3, -0.25) is 9.59 Å². The molecule has 226 valence electrons. The molecule has 4 nitrogen and oxygen atoms in total. The Morgan fingerprint density at radius 3 is 1.93 bits per heavy atom. The maximum Gasteiger partial charge on any atom is 0.435 e. The van der Waals surface area contributed by atoms with Crippen LogP contribution in [0, 0.1) is 5.82 Å². The zero-order chi connectivity index (χ0) is 31.8. The first-order valence-corrected chi connectivity index (χ1v) is 12.1. The van der Waals surface area contributed by atoms with Crippen LogP contribution in [-0.2, 0) is 23.1 Å². The first-order chi connectivity index (χ1) is 19.2. The quantitative estimate of drug-likeness (QED) is 0.267. The maximum absolute atomic E-state index is 15.3. The number of hydrogen-bond acceptors (Lipinski definition) is 2. The van der Waals surface area contributed by atoms with Crippen molar-refractivity contribution in [1.82, 2.24) is 0 Å². The van der Waals surface area contributed by atoms with E-state index in [0.29, 0.717) is 5.56 Å². The molecular weight excluding hydrogens is 661 g/mol. The molecule has 1 N–H and O–H groups in total. The molecule has 0 aliphatic heterocycles. The van der Waals surface area contributed by atoms with Gasteiger partial charge in [-0.15, -0.1) is 0 Å². The van der Waals surface area contributed by atoms with Crippen molar-refractivity contribution in [3.05, 3.63) is 93.2 Å². The third-order valence-electron chi connectivity index (χ3n) is 5.97.